The number of hydrogen-bond donors (Lipinski definition) is 3. The summed E-state index contributed by atoms with van der Waals surface area (Å²) in [6.45, 7) is 0.516. The number of nitrogens with one attached hydrogen (secondary N) is 1. The summed E-state index contributed by atoms with van der Waals surface area (Å²) in [5.74, 6) is 1.60. The number of aliphatic imine (C=N–C) groups is 1. The summed E-state index contributed by atoms with van der Waals surface area (Å²) >= 11 is 0. The number of nitrogens with zero attached hydrogens (tertiary/aromatic N) is 1. The van der Waals surface area contributed by atoms with Crippen LogP contribution in [-0.2, 0) is 6.42 Å². The number of methoxy groups -OCH3 is 2. The molecule has 2 aromatic rings. The highest BCUT2D eigenvalue weighted by molar-refractivity contribution is 5.93. The second kappa shape index (κ2) is 7.93. The fourth-order valence-corrected chi connectivity index (χ4v) is 2.11. The van der Waals surface area contributed by atoms with Gasteiger partial charge in [0.05, 0.1) is 19.9 Å². The van der Waals surface area contributed by atoms with Crippen LogP contribution in [0.4, 0.5) is 5.69 Å². The summed E-state index contributed by atoms with van der Waals surface area (Å²) in [5, 5.41) is 12.6. The Morgan fingerprint density at radius 2 is 1.87 bits per heavy atom. The first-order valence-electron chi connectivity index (χ1n) is 7.20. The molecule has 0 radical (unpaired) electrons. The van der Waals surface area contributed by atoms with Crippen LogP contribution in [0.25, 0.3) is 0 Å². The van der Waals surface area contributed by atoms with Gasteiger partial charge in [0, 0.05) is 6.54 Å². The normalized spacial score (nSPS) is 11.1. The molecule has 0 spiro atoms. The van der Waals surface area contributed by atoms with E-state index in [-0.39, 0.29) is 5.75 Å². The number of hydrogen-bond acceptors (Lipinski definition) is 4. The largest absolute Gasteiger partial charge is 0.504 e. The van der Waals surface area contributed by atoms with Crippen molar-refractivity contribution in [2.24, 2.45) is 10.7 Å². The van der Waals surface area contributed by atoms with Crippen molar-refractivity contribution < 1.29 is 14.6 Å². The molecule has 2 rings (SSSR count). The van der Waals surface area contributed by atoms with Gasteiger partial charge in [0.1, 0.15) is 5.75 Å². The molecule has 0 fully saturated rings. The molecule has 122 valence electrons. The summed E-state index contributed by atoms with van der Waals surface area (Å²) in [6.07, 6.45) is 0.685. The number of ether oxygens (including phenoxy) is 2. The Kier molecular flexibility index (Phi) is 5.68. The number of guanidine groups is 1. The zero-order chi connectivity index (χ0) is 16.7. The van der Waals surface area contributed by atoms with Gasteiger partial charge in [-0.05, 0) is 36.2 Å². The van der Waals surface area contributed by atoms with Gasteiger partial charge in [0.25, 0.3) is 0 Å². The molecular weight excluding hydrogens is 294 g/mol. The maximum Gasteiger partial charge on any atom is 0.193 e. The first-order valence-corrected chi connectivity index (χ1v) is 7.20. The molecule has 4 N–H and O–H groups in total. The van der Waals surface area contributed by atoms with E-state index < -0.39 is 0 Å². The molecule has 6 heteroatoms. The molecule has 6 nitrogen and oxygen atoms in total. The van der Waals surface area contributed by atoms with Crippen molar-refractivity contribution in [3.63, 3.8) is 0 Å². The maximum absolute atomic E-state index is 9.57. The minimum Gasteiger partial charge on any atom is -0.504 e. The van der Waals surface area contributed by atoms with E-state index >= 15 is 0 Å². The van der Waals surface area contributed by atoms with Crippen LogP contribution in [0, 0.1) is 0 Å². The SMILES string of the molecule is COc1cc(CCN=C(N)Nc2ccccc2OC)ccc1O. The minimum atomic E-state index is 0.122. The molecule has 0 aromatic heterocycles. The smallest absolute Gasteiger partial charge is 0.193 e. The highest BCUT2D eigenvalue weighted by Gasteiger charge is 2.04. The number of rotatable bonds is 6. The zero-order valence-corrected chi connectivity index (χ0v) is 13.2. The van der Waals surface area contributed by atoms with Crippen LogP contribution < -0.4 is 20.5 Å². The lowest BCUT2D eigenvalue weighted by Gasteiger charge is -2.10. The summed E-state index contributed by atoms with van der Waals surface area (Å²) < 4.78 is 10.3. The molecule has 0 unspecified atom stereocenters. The third kappa shape index (κ3) is 4.54. The molecule has 0 heterocycles. The standard InChI is InChI=1S/C17H21N3O3/c1-22-15-6-4-3-5-13(15)20-17(18)19-10-9-12-7-8-14(21)16(11-12)23-2/h3-8,11,21H,9-10H2,1-2H3,(H3,18,19,20). The van der Waals surface area contributed by atoms with Gasteiger partial charge >= 0.3 is 0 Å². The quantitative estimate of drug-likeness (QED) is 0.562. The number of para-hydroxylation sites is 2. The van der Waals surface area contributed by atoms with Gasteiger partial charge in [0.2, 0.25) is 0 Å². The Bertz CT molecular complexity index is 687. The Morgan fingerprint density at radius 3 is 2.61 bits per heavy atom. The number of benzene rings is 2. The lowest BCUT2D eigenvalue weighted by atomic mass is 10.1. The molecule has 0 aliphatic rings. The Morgan fingerprint density at radius 1 is 1.13 bits per heavy atom. The summed E-state index contributed by atoms with van der Waals surface area (Å²) in [7, 11) is 3.12. The van der Waals surface area contributed by atoms with Crippen molar-refractivity contribution in [3.05, 3.63) is 48.0 Å². The lowest BCUT2D eigenvalue weighted by Crippen LogP contribution is -2.23. The van der Waals surface area contributed by atoms with Crippen LogP contribution in [0.15, 0.2) is 47.5 Å². The van der Waals surface area contributed by atoms with Crippen molar-refractivity contribution in [1.29, 1.82) is 0 Å². The predicted molar refractivity (Wildman–Crippen MR) is 91.5 cm³/mol. The van der Waals surface area contributed by atoms with E-state index in [1.165, 1.54) is 7.11 Å². The van der Waals surface area contributed by atoms with Gasteiger partial charge in [-0.1, -0.05) is 18.2 Å². The van der Waals surface area contributed by atoms with Gasteiger partial charge in [-0.2, -0.15) is 0 Å². The van der Waals surface area contributed by atoms with E-state index in [1.54, 1.807) is 19.2 Å². The minimum absolute atomic E-state index is 0.122. The van der Waals surface area contributed by atoms with Crippen molar-refractivity contribution in [2.75, 3.05) is 26.1 Å². The molecule has 0 aliphatic carbocycles. The average Bonchev–Trinajstić information content (AvgIpc) is 2.57. The first-order chi connectivity index (χ1) is 11.1. The van der Waals surface area contributed by atoms with Gasteiger partial charge in [-0.25, -0.2) is 0 Å². The van der Waals surface area contributed by atoms with E-state index in [1.807, 2.05) is 30.3 Å². The molecule has 0 amide bonds. The average molecular weight is 315 g/mol. The maximum atomic E-state index is 9.57. The number of aromatic hydroxyl groups is 1. The third-order valence-electron chi connectivity index (χ3n) is 3.30. The van der Waals surface area contributed by atoms with Gasteiger partial charge in [0.15, 0.2) is 17.5 Å². The molecule has 23 heavy (non-hydrogen) atoms. The van der Waals surface area contributed by atoms with Gasteiger partial charge in [-0.15, -0.1) is 0 Å². The van der Waals surface area contributed by atoms with Crippen molar-refractivity contribution in [2.45, 2.75) is 6.42 Å². The second-order valence-electron chi connectivity index (χ2n) is 4.85. The van der Waals surface area contributed by atoms with E-state index in [0.29, 0.717) is 30.4 Å². The highest BCUT2D eigenvalue weighted by atomic mass is 16.5. The number of nitrogens with two attached hydrogens (primary N) is 1. The fourth-order valence-electron chi connectivity index (χ4n) is 2.11. The number of phenolic OH excluding ortho intramolecular Hbond substituents is 1. The van der Waals surface area contributed by atoms with Crippen molar-refractivity contribution >= 4 is 11.6 Å². The molecule has 2 aromatic carbocycles. The van der Waals surface area contributed by atoms with Crippen LogP contribution in [0.5, 0.6) is 17.2 Å². The van der Waals surface area contributed by atoms with E-state index in [9.17, 15) is 5.11 Å². The van der Waals surface area contributed by atoms with Crippen LogP contribution in [-0.4, -0.2) is 31.8 Å². The summed E-state index contributed by atoms with van der Waals surface area (Å²) in [5.41, 5.74) is 7.67. The first kappa shape index (κ1) is 16.5. The van der Waals surface area contributed by atoms with Crippen LogP contribution in [0.2, 0.25) is 0 Å². The summed E-state index contributed by atoms with van der Waals surface area (Å²) in [6, 6.07) is 12.7. The molecule has 0 saturated carbocycles. The van der Waals surface area contributed by atoms with Crippen molar-refractivity contribution in [1.82, 2.24) is 0 Å². The second-order valence-corrected chi connectivity index (χ2v) is 4.85. The van der Waals surface area contributed by atoms with Crippen LogP contribution >= 0.6 is 0 Å². The zero-order valence-electron chi connectivity index (χ0n) is 13.2. The molecule has 0 atom stereocenters. The number of anilines is 1. The molecule has 0 aliphatic heterocycles. The molecule has 0 bridgehead atoms. The molecular formula is C17H21N3O3. The van der Waals surface area contributed by atoms with Crippen LogP contribution in [0.1, 0.15) is 5.56 Å². The van der Waals surface area contributed by atoms with Gasteiger partial charge in [-0.3, -0.25) is 4.99 Å². The third-order valence-corrected chi connectivity index (χ3v) is 3.30. The van der Waals surface area contributed by atoms with E-state index in [0.717, 1.165) is 11.3 Å². The number of phenols is 1. The monoisotopic (exact) mass is 315 g/mol. The van der Waals surface area contributed by atoms with Crippen LogP contribution in [0.3, 0.4) is 0 Å². The predicted octanol–water partition coefficient (Wildman–Crippen LogP) is 2.38. The summed E-state index contributed by atoms with van der Waals surface area (Å²) in [4.78, 5) is 4.29. The Hall–Kier alpha value is -2.89. The topological polar surface area (TPSA) is 89.1 Å². The van der Waals surface area contributed by atoms with Gasteiger partial charge < -0.3 is 25.6 Å². The fraction of sp³-hybridized carbons (Fsp3) is 0.235. The van der Waals surface area contributed by atoms with E-state index in [2.05, 4.69) is 10.3 Å². The Labute approximate surface area is 135 Å². The molecule has 0 saturated heterocycles. The van der Waals surface area contributed by atoms with E-state index in [4.69, 9.17) is 15.2 Å². The Balaban J connectivity index is 1.95. The highest BCUT2D eigenvalue weighted by Crippen LogP contribution is 2.26. The van der Waals surface area contributed by atoms with Crippen molar-refractivity contribution in [3.8, 4) is 17.2 Å². The lowest BCUT2D eigenvalue weighted by molar-refractivity contribution is 0.373.